The van der Waals surface area contributed by atoms with Gasteiger partial charge in [0.05, 0.1) is 10.3 Å². The molecule has 2 heterocycles. The van der Waals surface area contributed by atoms with Crippen LogP contribution in [0.15, 0.2) is 15.9 Å². The number of thiophene rings is 1. The van der Waals surface area contributed by atoms with E-state index in [0.717, 1.165) is 8.66 Å². The number of halogens is 1. The van der Waals surface area contributed by atoms with Crippen LogP contribution in [-0.4, -0.2) is 22.4 Å². The molecule has 1 aromatic rings. The predicted molar refractivity (Wildman–Crippen MR) is 69.8 cm³/mol. The average molecular weight is 317 g/mol. The summed E-state index contributed by atoms with van der Waals surface area (Å²) in [5.74, 6) is -0.208. The maximum absolute atomic E-state index is 11.8. The fourth-order valence-electron chi connectivity index (χ4n) is 1.84. The van der Waals surface area contributed by atoms with Crippen molar-refractivity contribution in [2.24, 2.45) is 0 Å². The molecule has 3 amide bonds. The second-order valence-electron chi connectivity index (χ2n) is 4.18. The lowest BCUT2D eigenvalue weighted by atomic mass is 9.97. The standard InChI is InChI=1S/C11H13BrN2O2S/c1-3-11(2)9(15)13-10(16)14(11)6-7-4-5-8(12)17-7/h4-5H,3,6H2,1-2H3,(H,13,15,16). The van der Waals surface area contributed by atoms with Gasteiger partial charge in [-0.05, 0) is 41.4 Å². The summed E-state index contributed by atoms with van der Waals surface area (Å²) in [5.41, 5.74) is -0.729. The third kappa shape index (κ3) is 2.11. The van der Waals surface area contributed by atoms with E-state index < -0.39 is 5.54 Å². The summed E-state index contributed by atoms with van der Waals surface area (Å²) < 4.78 is 1.02. The minimum Gasteiger partial charge on any atom is -0.305 e. The predicted octanol–water partition coefficient (Wildman–Crippen LogP) is 2.73. The molecule has 92 valence electrons. The third-order valence-electron chi connectivity index (χ3n) is 3.18. The molecule has 1 aromatic heterocycles. The summed E-state index contributed by atoms with van der Waals surface area (Å²) in [6, 6.07) is 3.60. The van der Waals surface area contributed by atoms with Gasteiger partial charge < -0.3 is 4.90 Å². The molecule has 1 unspecified atom stereocenters. The molecule has 1 aliphatic heterocycles. The van der Waals surface area contributed by atoms with E-state index in [4.69, 9.17) is 0 Å². The molecule has 2 rings (SSSR count). The summed E-state index contributed by atoms with van der Waals surface area (Å²) in [7, 11) is 0. The molecule has 0 bridgehead atoms. The first-order chi connectivity index (χ1) is 7.97. The average Bonchev–Trinajstić information content (AvgIpc) is 2.77. The number of rotatable bonds is 3. The fourth-order valence-corrected chi connectivity index (χ4v) is 3.31. The second kappa shape index (κ2) is 4.42. The molecule has 0 radical (unpaired) electrons. The fraction of sp³-hybridized carbons (Fsp3) is 0.455. The van der Waals surface area contributed by atoms with E-state index >= 15 is 0 Å². The lowest BCUT2D eigenvalue weighted by Gasteiger charge is -2.30. The zero-order valence-corrected chi connectivity index (χ0v) is 12.0. The van der Waals surface area contributed by atoms with Crippen molar-refractivity contribution >= 4 is 39.2 Å². The van der Waals surface area contributed by atoms with Crippen LogP contribution in [0.25, 0.3) is 0 Å². The van der Waals surface area contributed by atoms with Crippen LogP contribution in [-0.2, 0) is 11.3 Å². The Hall–Kier alpha value is -0.880. The lowest BCUT2D eigenvalue weighted by molar-refractivity contribution is -0.126. The number of carbonyl (C=O) groups excluding carboxylic acids is 2. The molecular weight excluding hydrogens is 304 g/mol. The molecule has 0 aliphatic carbocycles. The first-order valence-electron chi connectivity index (χ1n) is 5.34. The van der Waals surface area contributed by atoms with Crippen LogP contribution in [0, 0.1) is 0 Å². The zero-order valence-electron chi connectivity index (χ0n) is 9.62. The Kier molecular flexibility index (Phi) is 3.27. The van der Waals surface area contributed by atoms with Gasteiger partial charge in [-0.1, -0.05) is 6.92 Å². The Morgan fingerprint density at radius 1 is 1.47 bits per heavy atom. The van der Waals surface area contributed by atoms with Gasteiger partial charge in [0.1, 0.15) is 5.54 Å². The topological polar surface area (TPSA) is 49.4 Å². The summed E-state index contributed by atoms with van der Waals surface area (Å²) in [4.78, 5) is 26.2. The molecule has 17 heavy (non-hydrogen) atoms. The Labute approximate surface area is 112 Å². The molecule has 0 spiro atoms. The Morgan fingerprint density at radius 3 is 2.71 bits per heavy atom. The number of nitrogens with one attached hydrogen (secondary N) is 1. The van der Waals surface area contributed by atoms with E-state index in [2.05, 4.69) is 21.2 Å². The van der Waals surface area contributed by atoms with Gasteiger partial charge in [-0.3, -0.25) is 10.1 Å². The summed E-state index contributed by atoms with van der Waals surface area (Å²) >= 11 is 4.96. The van der Waals surface area contributed by atoms with Crippen LogP contribution in [0.5, 0.6) is 0 Å². The number of nitrogens with zero attached hydrogens (tertiary/aromatic N) is 1. The van der Waals surface area contributed by atoms with Crippen molar-refractivity contribution in [2.75, 3.05) is 0 Å². The number of urea groups is 1. The summed E-state index contributed by atoms with van der Waals surface area (Å²) in [6.45, 7) is 4.18. The van der Waals surface area contributed by atoms with Crippen molar-refractivity contribution in [1.82, 2.24) is 10.2 Å². The maximum atomic E-state index is 11.8. The van der Waals surface area contributed by atoms with E-state index in [9.17, 15) is 9.59 Å². The van der Waals surface area contributed by atoms with Crippen molar-refractivity contribution in [3.8, 4) is 0 Å². The highest BCUT2D eigenvalue weighted by Crippen LogP contribution is 2.30. The molecule has 1 N–H and O–H groups in total. The molecule has 4 nitrogen and oxygen atoms in total. The quantitative estimate of drug-likeness (QED) is 0.872. The first kappa shape index (κ1) is 12.6. The minimum atomic E-state index is -0.729. The van der Waals surface area contributed by atoms with Crippen molar-refractivity contribution in [1.29, 1.82) is 0 Å². The molecule has 1 fully saturated rings. The molecule has 1 atom stereocenters. The number of hydrogen-bond acceptors (Lipinski definition) is 3. The normalized spacial score (nSPS) is 24.3. The van der Waals surface area contributed by atoms with Crippen molar-refractivity contribution in [3.63, 3.8) is 0 Å². The van der Waals surface area contributed by atoms with E-state index in [0.29, 0.717) is 13.0 Å². The van der Waals surface area contributed by atoms with Crippen LogP contribution < -0.4 is 5.32 Å². The Morgan fingerprint density at radius 2 is 2.18 bits per heavy atom. The summed E-state index contributed by atoms with van der Waals surface area (Å²) in [5, 5.41) is 2.38. The Bertz CT molecular complexity index is 474. The van der Waals surface area contributed by atoms with Gasteiger partial charge in [-0.15, -0.1) is 11.3 Å². The van der Waals surface area contributed by atoms with Gasteiger partial charge in [0.2, 0.25) is 0 Å². The van der Waals surface area contributed by atoms with E-state index in [1.165, 1.54) is 0 Å². The van der Waals surface area contributed by atoms with Crippen LogP contribution in [0.3, 0.4) is 0 Å². The van der Waals surface area contributed by atoms with Crippen molar-refractivity contribution < 1.29 is 9.59 Å². The maximum Gasteiger partial charge on any atom is 0.325 e. The van der Waals surface area contributed by atoms with Crippen LogP contribution in [0.4, 0.5) is 4.79 Å². The molecule has 1 aliphatic rings. The molecule has 0 saturated carbocycles. The second-order valence-corrected chi connectivity index (χ2v) is 6.73. The van der Waals surface area contributed by atoms with Gasteiger partial charge in [-0.25, -0.2) is 4.79 Å². The number of hydrogen-bond donors (Lipinski definition) is 1. The minimum absolute atomic E-state index is 0.208. The van der Waals surface area contributed by atoms with E-state index in [1.54, 1.807) is 23.2 Å². The number of imide groups is 1. The van der Waals surface area contributed by atoms with E-state index in [-0.39, 0.29) is 11.9 Å². The third-order valence-corrected chi connectivity index (χ3v) is 4.79. The molecule has 6 heteroatoms. The van der Waals surface area contributed by atoms with Gasteiger partial charge in [-0.2, -0.15) is 0 Å². The van der Waals surface area contributed by atoms with E-state index in [1.807, 2.05) is 19.1 Å². The Balaban J connectivity index is 2.24. The molecule has 1 saturated heterocycles. The van der Waals surface area contributed by atoms with Gasteiger partial charge in [0.15, 0.2) is 0 Å². The highest BCUT2D eigenvalue weighted by molar-refractivity contribution is 9.11. The number of amides is 3. The lowest BCUT2D eigenvalue weighted by Crippen LogP contribution is -2.45. The summed E-state index contributed by atoms with van der Waals surface area (Å²) in [6.07, 6.45) is 0.608. The largest absolute Gasteiger partial charge is 0.325 e. The molecule has 0 aromatic carbocycles. The number of carbonyl (C=O) groups is 2. The van der Waals surface area contributed by atoms with Crippen molar-refractivity contribution in [2.45, 2.75) is 32.4 Å². The van der Waals surface area contributed by atoms with Crippen LogP contribution >= 0.6 is 27.3 Å². The highest BCUT2D eigenvalue weighted by atomic mass is 79.9. The smallest absolute Gasteiger partial charge is 0.305 e. The van der Waals surface area contributed by atoms with Gasteiger partial charge in [0.25, 0.3) is 5.91 Å². The first-order valence-corrected chi connectivity index (χ1v) is 6.95. The van der Waals surface area contributed by atoms with Crippen molar-refractivity contribution in [3.05, 3.63) is 20.8 Å². The van der Waals surface area contributed by atoms with Crippen LogP contribution in [0.1, 0.15) is 25.1 Å². The highest BCUT2D eigenvalue weighted by Gasteiger charge is 2.47. The monoisotopic (exact) mass is 316 g/mol. The van der Waals surface area contributed by atoms with Crippen LogP contribution in [0.2, 0.25) is 0 Å². The zero-order chi connectivity index (χ0) is 12.6. The van der Waals surface area contributed by atoms with Gasteiger partial charge >= 0.3 is 6.03 Å². The van der Waals surface area contributed by atoms with Gasteiger partial charge in [0, 0.05) is 4.88 Å². The molecular formula is C11H13BrN2O2S. The SMILES string of the molecule is CCC1(C)C(=O)NC(=O)N1Cc1ccc(Br)s1.